The first-order valence-corrected chi connectivity index (χ1v) is 10.1. The van der Waals surface area contributed by atoms with Crippen LogP contribution < -0.4 is 21.7 Å². The Kier molecular flexibility index (Phi) is 7.85. The van der Waals surface area contributed by atoms with E-state index in [-0.39, 0.29) is 18.6 Å². The Hall–Kier alpha value is -3.56. The van der Waals surface area contributed by atoms with Crippen molar-refractivity contribution in [3.63, 3.8) is 0 Å². The van der Waals surface area contributed by atoms with Gasteiger partial charge in [0.05, 0.1) is 5.69 Å². The maximum absolute atomic E-state index is 12.3. The number of anilines is 3. The second-order valence-corrected chi connectivity index (χ2v) is 7.09. The molecule has 1 unspecified atom stereocenters. The minimum absolute atomic E-state index is 0.111. The van der Waals surface area contributed by atoms with Crippen molar-refractivity contribution in [2.75, 3.05) is 30.3 Å². The molecule has 0 fully saturated rings. The van der Waals surface area contributed by atoms with Crippen LogP contribution in [0.4, 0.5) is 17.5 Å². The molecule has 3 rings (SSSR count). The molecule has 1 amide bonds. The fourth-order valence-electron chi connectivity index (χ4n) is 2.78. The van der Waals surface area contributed by atoms with Crippen LogP contribution in [0.2, 0.25) is 0 Å². The molecule has 31 heavy (non-hydrogen) atoms. The van der Waals surface area contributed by atoms with Crippen LogP contribution in [-0.2, 0) is 0 Å². The summed E-state index contributed by atoms with van der Waals surface area (Å²) >= 11 is 0. The molecule has 0 spiro atoms. The average molecular weight is 422 g/mol. The summed E-state index contributed by atoms with van der Waals surface area (Å²) in [5.41, 5.74) is 8.53. The van der Waals surface area contributed by atoms with E-state index in [1.54, 1.807) is 30.6 Å². The Morgan fingerprint density at radius 1 is 1.16 bits per heavy atom. The van der Waals surface area contributed by atoms with Gasteiger partial charge in [0, 0.05) is 54.9 Å². The molecule has 162 valence electrons. The fraction of sp³-hybridized carbons (Fsp3) is 0.273. The maximum Gasteiger partial charge on any atom is 0.251 e. The number of hydrogen-bond donors (Lipinski definition) is 5. The van der Waals surface area contributed by atoms with E-state index >= 15 is 0 Å². The van der Waals surface area contributed by atoms with Gasteiger partial charge in [-0.25, -0.2) is 15.0 Å². The molecule has 0 aliphatic heterocycles. The lowest BCUT2D eigenvalue weighted by Crippen LogP contribution is -2.35. The van der Waals surface area contributed by atoms with Gasteiger partial charge < -0.3 is 26.8 Å². The molecule has 0 aliphatic rings. The molecule has 6 N–H and O–H groups in total. The quantitative estimate of drug-likeness (QED) is 0.314. The molecule has 2 heterocycles. The SMILES string of the molecule is CC(N)CNC(=O)c1cccc(Nc2nccc(-c3ccnc(NCCCO)c3)n2)c1. The van der Waals surface area contributed by atoms with Crippen LogP contribution in [0, 0.1) is 0 Å². The smallest absolute Gasteiger partial charge is 0.251 e. The Morgan fingerprint density at radius 3 is 2.81 bits per heavy atom. The number of carbonyl (C=O) groups is 1. The zero-order chi connectivity index (χ0) is 22.1. The van der Waals surface area contributed by atoms with E-state index in [0.717, 1.165) is 11.3 Å². The first kappa shape index (κ1) is 22.1. The molecule has 0 saturated heterocycles. The number of carbonyl (C=O) groups excluding carboxylic acids is 1. The summed E-state index contributed by atoms with van der Waals surface area (Å²) in [5.74, 6) is 0.940. The summed E-state index contributed by atoms with van der Waals surface area (Å²) in [6.45, 7) is 3.00. The minimum atomic E-state index is -0.186. The van der Waals surface area contributed by atoms with Crippen LogP contribution in [0.5, 0.6) is 0 Å². The van der Waals surface area contributed by atoms with E-state index in [0.29, 0.717) is 42.5 Å². The number of nitrogens with one attached hydrogen (secondary N) is 3. The monoisotopic (exact) mass is 421 g/mol. The fourth-order valence-corrected chi connectivity index (χ4v) is 2.78. The van der Waals surface area contributed by atoms with E-state index in [4.69, 9.17) is 10.8 Å². The van der Waals surface area contributed by atoms with Crippen LogP contribution in [-0.4, -0.2) is 51.7 Å². The van der Waals surface area contributed by atoms with Crippen molar-refractivity contribution in [1.82, 2.24) is 20.3 Å². The van der Waals surface area contributed by atoms with Crippen LogP contribution in [0.3, 0.4) is 0 Å². The highest BCUT2D eigenvalue weighted by molar-refractivity contribution is 5.95. The van der Waals surface area contributed by atoms with Gasteiger partial charge in [-0.1, -0.05) is 6.07 Å². The van der Waals surface area contributed by atoms with E-state index in [9.17, 15) is 4.79 Å². The van der Waals surface area contributed by atoms with Gasteiger partial charge in [0.2, 0.25) is 5.95 Å². The second kappa shape index (κ2) is 11.0. The van der Waals surface area contributed by atoms with Crippen LogP contribution in [0.15, 0.2) is 54.9 Å². The lowest BCUT2D eigenvalue weighted by molar-refractivity contribution is 0.0951. The maximum atomic E-state index is 12.3. The molecule has 0 radical (unpaired) electrons. The molecule has 0 aliphatic carbocycles. The van der Waals surface area contributed by atoms with Gasteiger partial charge in [0.1, 0.15) is 5.82 Å². The molecular weight excluding hydrogens is 394 g/mol. The minimum Gasteiger partial charge on any atom is -0.396 e. The predicted molar refractivity (Wildman–Crippen MR) is 121 cm³/mol. The van der Waals surface area contributed by atoms with Crippen molar-refractivity contribution in [1.29, 1.82) is 0 Å². The molecule has 9 heteroatoms. The molecule has 2 aromatic heterocycles. The molecule has 0 bridgehead atoms. The number of aliphatic hydroxyl groups excluding tert-OH is 1. The van der Waals surface area contributed by atoms with Gasteiger partial charge in [-0.15, -0.1) is 0 Å². The Labute approximate surface area is 181 Å². The number of nitrogens with two attached hydrogens (primary N) is 1. The highest BCUT2D eigenvalue weighted by atomic mass is 16.3. The first-order chi connectivity index (χ1) is 15.0. The number of rotatable bonds is 10. The molecule has 1 aromatic carbocycles. The molecule has 3 aromatic rings. The third-order valence-electron chi connectivity index (χ3n) is 4.32. The summed E-state index contributed by atoms with van der Waals surface area (Å²) in [4.78, 5) is 25.4. The van der Waals surface area contributed by atoms with E-state index in [1.807, 2.05) is 31.2 Å². The number of amides is 1. The van der Waals surface area contributed by atoms with Crippen molar-refractivity contribution >= 4 is 23.4 Å². The summed E-state index contributed by atoms with van der Waals surface area (Å²) in [6, 6.07) is 12.6. The lowest BCUT2D eigenvalue weighted by Gasteiger charge is -2.10. The summed E-state index contributed by atoms with van der Waals surface area (Å²) in [7, 11) is 0. The van der Waals surface area contributed by atoms with Gasteiger partial charge >= 0.3 is 0 Å². The standard InChI is InChI=1S/C22H27N7O2/c1-15(23)14-27-21(31)17-4-2-5-18(12-17)28-22-26-10-7-19(29-22)16-6-9-25-20(13-16)24-8-3-11-30/h2,4-7,9-10,12-13,15,30H,3,8,11,14,23H2,1H3,(H,24,25)(H,27,31)(H,26,28,29). The molecule has 1 atom stereocenters. The zero-order valence-electron chi connectivity index (χ0n) is 17.4. The average Bonchev–Trinajstić information content (AvgIpc) is 2.78. The van der Waals surface area contributed by atoms with Crippen LogP contribution in [0.1, 0.15) is 23.7 Å². The van der Waals surface area contributed by atoms with E-state index in [2.05, 4.69) is 30.9 Å². The Balaban J connectivity index is 1.72. The van der Waals surface area contributed by atoms with Crippen molar-refractivity contribution < 1.29 is 9.90 Å². The summed E-state index contributed by atoms with van der Waals surface area (Å²) < 4.78 is 0. The first-order valence-electron chi connectivity index (χ1n) is 10.1. The highest BCUT2D eigenvalue weighted by Crippen LogP contribution is 2.21. The highest BCUT2D eigenvalue weighted by Gasteiger charge is 2.09. The summed E-state index contributed by atoms with van der Waals surface area (Å²) in [5, 5.41) is 18.0. The van der Waals surface area contributed by atoms with Crippen LogP contribution >= 0.6 is 0 Å². The summed E-state index contributed by atoms with van der Waals surface area (Å²) in [6.07, 6.45) is 4.02. The van der Waals surface area contributed by atoms with Crippen molar-refractivity contribution in [2.24, 2.45) is 5.73 Å². The Morgan fingerprint density at radius 2 is 2.00 bits per heavy atom. The third-order valence-corrected chi connectivity index (χ3v) is 4.32. The molecular formula is C22H27N7O2. The van der Waals surface area contributed by atoms with Gasteiger partial charge in [-0.3, -0.25) is 4.79 Å². The number of pyridine rings is 1. The van der Waals surface area contributed by atoms with Crippen molar-refractivity contribution in [3.05, 3.63) is 60.4 Å². The number of aliphatic hydroxyl groups is 1. The predicted octanol–water partition coefficient (Wildman–Crippen LogP) is 2.15. The van der Waals surface area contributed by atoms with Gasteiger partial charge in [-0.2, -0.15) is 0 Å². The van der Waals surface area contributed by atoms with Gasteiger partial charge in [-0.05, 0) is 49.7 Å². The Bertz CT molecular complexity index is 1010. The van der Waals surface area contributed by atoms with Crippen molar-refractivity contribution in [2.45, 2.75) is 19.4 Å². The van der Waals surface area contributed by atoms with E-state index in [1.165, 1.54) is 0 Å². The zero-order valence-corrected chi connectivity index (χ0v) is 17.4. The lowest BCUT2D eigenvalue weighted by atomic mass is 10.2. The molecule has 0 saturated carbocycles. The number of benzene rings is 1. The largest absolute Gasteiger partial charge is 0.396 e. The molecule has 9 nitrogen and oxygen atoms in total. The normalized spacial score (nSPS) is 11.6. The van der Waals surface area contributed by atoms with Gasteiger partial charge in [0.15, 0.2) is 0 Å². The van der Waals surface area contributed by atoms with Gasteiger partial charge in [0.25, 0.3) is 5.91 Å². The van der Waals surface area contributed by atoms with Crippen molar-refractivity contribution in [3.8, 4) is 11.3 Å². The third kappa shape index (κ3) is 6.73. The van der Waals surface area contributed by atoms with E-state index < -0.39 is 0 Å². The number of nitrogens with zero attached hydrogens (tertiary/aromatic N) is 3. The van der Waals surface area contributed by atoms with Crippen LogP contribution in [0.25, 0.3) is 11.3 Å². The second-order valence-electron chi connectivity index (χ2n) is 7.09. The number of aromatic nitrogens is 3. The number of hydrogen-bond acceptors (Lipinski definition) is 8. The topological polar surface area (TPSA) is 138 Å².